The molecule has 0 atom stereocenters. The minimum absolute atomic E-state index is 0.138. The standard InChI is InChI=1S/C19H24N2O3S2/c1-14-8-9-17(12-15(14)2)25-11-10-19(22)20-16-6-5-7-18(13-16)26(23,24)21(3)4/h5-9,12-13H,10-11H2,1-4H3,(H,20,22). The Bertz CT molecular complexity index is 893. The Morgan fingerprint density at radius 1 is 1.08 bits per heavy atom. The summed E-state index contributed by atoms with van der Waals surface area (Å²) >= 11 is 1.63. The zero-order valence-corrected chi connectivity index (χ0v) is 17.1. The Morgan fingerprint density at radius 3 is 2.46 bits per heavy atom. The van der Waals surface area contributed by atoms with E-state index in [1.165, 1.54) is 37.4 Å². The smallest absolute Gasteiger partial charge is 0.242 e. The summed E-state index contributed by atoms with van der Waals surface area (Å²) in [6, 6.07) is 12.5. The van der Waals surface area contributed by atoms with Crippen LogP contribution in [0.1, 0.15) is 17.5 Å². The fourth-order valence-corrected chi connectivity index (χ4v) is 4.13. The van der Waals surface area contributed by atoms with Crippen LogP contribution in [0, 0.1) is 13.8 Å². The van der Waals surface area contributed by atoms with Crippen molar-refractivity contribution in [2.24, 2.45) is 0 Å². The van der Waals surface area contributed by atoms with E-state index in [4.69, 9.17) is 0 Å². The van der Waals surface area contributed by atoms with Crippen molar-refractivity contribution in [3.05, 3.63) is 53.6 Å². The molecular weight excluding hydrogens is 368 g/mol. The van der Waals surface area contributed by atoms with E-state index in [-0.39, 0.29) is 10.8 Å². The van der Waals surface area contributed by atoms with Crippen molar-refractivity contribution in [1.82, 2.24) is 4.31 Å². The van der Waals surface area contributed by atoms with Crippen LogP contribution in [0.25, 0.3) is 0 Å². The molecule has 0 saturated heterocycles. The topological polar surface area (TPSA) is 66.5 Å². The number of hydrogen-bond acceptors (Lipinski definition) is 4. The summed E-state index contributed by atoms with van der Waals surface area (Å²) in [4.78, 5) is 13.4. The van der Waals surface area contributed by atoms with Gasteiger partial charge in [-0.1, -0.05) is 12.1 Å². The van der Waals surface area contributed by atoms with Crippen LogP contribution >= 0.6 is 11.8 Å². The van der Waals surface area contributed by atoms with Crippen LogP contribution in [-0.4, -0.2) is 38.5 Å². The summed E-state index contributed by atoms with van der Waals surface area (Å²) in [7, 11) is -0.564. The number of sulfonamides is 1. The van der Waals surface area contributed by atoms with Crippen LogP contribution in [0.2, 0.25) is 0 Å². The van der Waals surface area contributed by atoms with Gasteiger partial charge < -0.3 is 5.32 Å². The Labute approximate surface area is 159 Å². The maximum Gasteiger partial charge on any atom is 0.242 e. The molecule has 0 heterocycles. The first-order valence-electron chi connectivity index (χ1n) is 8.22. The number of carbonyl (C=O) groups excluding carboxylic acids is 1. The third kappa shape index (κ3) is 5.33. The lowest BCUT2D eigenvalue weighted by atomic mass is 10.1. The van der Waals surface area contributed by atoms with Crippen molar-refractivity contribution in [3.8, 4) is 0 Å². The lowest BCUT2D eigenvalue weighted by Crippen LogP contribution is -2.22. The first kappa shape index (κ1) is 20.5. The minimum Gasteiger partial charge on any atom is -0.326 e. The molecule has 0 aliphatic heterocycles. The SMILES string of the molecule is Cc1ccc(SCCC(=O)Nc2cccc(S(=O)(=O)N(C)C)c2)cc1C. The molecule has 1 amide bonds. The van der Waals surface area contributed by atoms with Crippen LogP contribution in [0.3, 0.4) is 0 Å². The predicted octanol–water partition coefficient (Wildman–Crippen LogP) is 3.67. The number of hydrogen-bond donors (Lipinski definition) is 1. The van der Waals surface area contributed by atoms with E-state index >= 15 is 0 Å². The van der Waals surface area contributed by atoms with E-state index < -0.39 is 10.0 Å². The molecule has 5 nitrogen and oxygen atoms in total. The molecule has 0 fully saturated rings. The molecule has 0 radical (unpaired) electrons. The molecular formula is C19H24N2O3S2. The zero-order chi connectivity index (χ0) is 19.3. The molecule has 0 aliphatic rings. The molecule has 0 aromatic heterocycles. The number of thioether (sulfide) groups is 1. The molecule has 0 spiro atoms. The Kier molecular flexibility index (Phi) is 6.86. The summed E-state index contributed by atoms with van der Waals surface area (Å²) in [6.07, 6.45) is 0.349. The summed E-state index contributed by atoms with van der Waals surface area (Å²) in [5.74, 6) is 0.519. The highest BCUT2D eigenvalue weighted by Gasteiger charge is 2.17. The van der Waals surface area contributed by atoms with Crippen LogP contribution in [0.5, 0.6) is 0 Å². The molecule has 0 bridgehead atoms. The van der Waals surface area contributed by atoms with Gasteiger partial charge in [0.15, 0.2) is 0 Å². The van der Waals surface area contributed by atoms with Gasteiger partial charge in [-0.15, -0.1) is 11.8 Å². The highest BCUT2D eigenvalue weighted by molar-refractivity contribution is 7.99. The fourth-order valence-electron chi connectivity index (χ4n) is 2.23. The average molecular weight is 393 g/mol. The highest BCUT2D eigenvalue weighted by Crippen LogP contribution is 2.22. The molecule has 2 aromatic rings. The molecule has 2 aromatic carbocycles. The first-order valence-corrected chi connectivity index (χ1v) is 10.6. The van der Waals surface area contributed by atoms with Crippen LogP contribution in [0.4, 0.5) is 5.69 Å². The Balaban J connectivity index is 1.93. The van der Waals surface area contributed by atoms with Crippen LogP contribution < -0.4 is 5.32 Å². The van der Waals surface area contributed by atoms with E-state index in [1.54, 1.807) is 23.9 Å². The predicted molar refractivity (Wildman–Crippen MR) is 107 cm³/mol. The maximum absolute atomic E-state index is 12.2. The number of rotatable bonds is 7. The lowest BCUT2D eigenvalue weighted by Gasteiger charge is -2.12. The number of carbonyl (C=O) groups is 1. The van der Waals surface area contributed by atoms with Gasteiger partial charge in [-0.2, -0.15) is 0 Å². The Hall–Kier alpha value is -1.83. The highest BCUT2D eigenvalue weighted by atomic mass is 32.2. The molecule has 140 valence electrons. The molecule has 0 saturated carbocycles. The molecule has 0 aliphatic carbocycles. The quantitative estimate of drug-likeness (QED) is 0.730. The lowest BCUT2D eigenvalue weighted by molar-refractivity contribution is -0.115. The third-order valence-electron chi connectivity index (χ3n) is 3.97. The van der Waals surface area contributed by atoms with Crippen molar-refractivity contribution < 1.29 is 13.2 Å². The van der Waals surface area contributed by atoms with Crippen LogP contribution in [0.15, 0.2) is 52.3 Å². The number of nitrogens with one attached hydrogen (secondary N) is 1. The zero-order valence-electron chi connectivity index (χ0n) is 15.4. The maximum atomic E-state index is 12.2. The third-order valence-corrected chi connectivity index (χ3v) is 6.78. The van der Waals surface area contributed by atoms with Gasteiger partial charge in [-0.25, -0.2) is 12.7 Å². The molecule has 0 unspecified atom stereocenters. The minimum atomic E-state index is -3.52. The summed E-state index contributed by atoms with van der Waals surface area (Å²) in [6.45, 7) is 4.14. The van der Waals surface area contributed by atoms with E-state index in [9.17, 15) is 13.2 Å². The molecule has 1 N–H and O–H groups in total. The van der Waals surface area contributed by atoms with Crippen molar-refractivity contribution in [3.63, 3.8) is 0 Å². The number of benzene rings is 2. The van der Waals surface area contributed by atoms with E-state index in [0.717, 1.165) is 9.20 Å². The number of nitrogens with zero attached hydrogens (tertiary/aromatic N) is 1. The second kappa shape index (κ2) is 8.70. The van der Waals surface area contributed by atoms with Crippen molar-refractivity contribution in [1.29, 1.82) is 0 Å². The fraction of sp³-hybridized carbons (Fsp3) is 0.316. The van der Waals surface area contributed by atoms with E-state index in [1.807, 2.05) is 0 Å². The summed E-state index contributed by atoms with van der Waals surface area (Å²) < 4.78 is 25.5. The number of amides is 1. The van der Waals surface area contributed by atoms with Crippen LogP contribution in [-0.2, 0) is 14.8 Å². The summed E-state index contributed by atoms with van der Waals surface area (Å²) in [5, 5.41) is 2.76. The van der Waals surface area contributed by atoms with Gasteiger partial charge in [0.2, 0.25) is 15.9 Å². The number of anilines is 1. The monoisotopic (exact) mass is 392 g/mol. The molecule has 7 heteroatoms. The van der Waals surface area contributed by atoms with Crippen molar-refractivity contribution in [2.75, 3.05) is 25.2 Å². The normalized spacial score (nSPS) is 11.6. The van der Waals surface area contributed by atoms with Gasteiger partial charge in [-0.3, -0.25) is 4.79 Å². The van der Waals surface area contributed by atoms with Gasteiger partial charge in [0.25, 0.3) is 0 Å². The van der Waals surface area contributed by atoms with E-state index in [2.05, 4.69) is 37.4 Å². The van der Waals surface area contributed by atoms with Gasteiger partial charge in [0.05, 0.1) is 4.90 Å². The average Bonchev–Trinajstić information content (AvgIpc) is 2.58. The van der Waals surface area contributed by atoms with Gasteiger partial charge >= 0.3 is 0 Å². The first-order chi connectivity index (χ1) is 12.2. The second-order valence-corrected chi connectivity index (χ2v) is 9.53. The van der Waals surface area contributed by atoms with Crippen molar-refractivity contribution >= 4 is 33.4 Å². The van der Waals surface area contributed by atoms with Gasteiger partial charge in [0, 0.05) is 36.9 Å². The second-order valence-electron chi connectivity index (χ2n) is 6.21. The van der Waals surface area contributed by atoms with E-state index in [0.29, 0.717) is 17.9 Å². The van der Waals surface area contributed by atoms with Crippen molar-refractivity contribution in [2.45, 2.75) is 30.1 Å². The Morgan fingerprint density at radius 2 is 1.81 bits per heavy atom. The van der Waals surface area contributed by atoms with Gasteiger partial charge in [0.1, 0.15) is 0 Å². The van der Waals surface area contributed by atoms with Gasteiger partial charge in [-0.05, 0) is 55.3 Å². The largest absolute Gasteiger partial charge is 0.326 e. The molecule has 2 rings (SSSR count). The number of aryl methyl sites for hydroxylation is 2. The molecule has 26 heavy (non-hydrogen) atoms. The summed E-state index contributed by atoms with van der Waals surface area (Å²) in [5.41, 5.74) is 2.96.